The second-order valence-electron chi connectivity index (χ2n) is 7.24. The van der Waals surface area contributed by atoms with Crippen molar-refractivity contribution in [2.24, 2.45) is 0 Å². The number of carbonyl (C=O) groups is 1. The Balaban J connectivity index is 1.24. The van der Waals surface area contributed by atoms with E-state index in [4.69, 9.17) is 9.47 Å². The van der Waals surface area contributed by atoms with Crippen molar-refractivity contribution in [3.8, 4) is 22.8 Å². The predicted octanol–water partition coefficient (Wildman–Crippen LogP) is 2.48. The standard InChI is InChI=1S/C23H20N4O4/c28-22(24-10-9-16-12-25-19-4-2-1-3-17(16)19)13-27-23(29)8-6-18(26-27)15-5-7-20-21(11-15)31-14-30-20/h1-8,11-12,25H,9-10,13-14H2,(H,24,28). The summed E-state index contributed by atoms with van der Waals surface area (Å²) in [5.74, 6) is 1.04. The van der Waals surface area contributed by atoms with Gasteiger partial charge in [-0.15, -0.1) is 0 Å². The summed E-state index contributed by atoms with van der Waals surface area (Å²) < 4.78 is 11.9. The Labute approximate surface area is 177 Å². The molecule has 3 heterocycles. The zero-order valence-corrected chi connectivity index (χ0v) is 16.6. The average molecular weight is 416 g/mol. The molecule has 0 bridgehead atoms. The first-order valence-corrected chi connectivity index (χ1v) is 9.97. The Bertz CT molecular complexity index is 1320. The largest absolute Gasteiger partial charge is 0.454 e. The summed E-state index contributed by atoms with van der Waals surface area (Å²) in [5, 5.41) is 8.36. The lowest BCUT2D eigenvalue weighted by molar-refractivity contribution is -0.121. The first-order valence-electron chi connectivity index (χ1n) is 9.97. The molecule has 2 aromatic carbocycles. The van der Waals surface area contributed by atoms with Crippen LogP contribution in [0.3, 0.4) is 0 Å². The summed E-state index contributed by atoms with van der Waals surface area (Å²) in [6.45, 7) is 0.507. The first kappa shape index (κ1) is 18.9. The molecular formula is C23H20N4O4. The van der Waals surface area contributed by atoms with E-state index in [1.54, 1.807) is 18.2 Å². The fourth-order valence-corrected chi connectivity index (χ4v) is 3.64. The summed E-state index contributed by atoms with van der Waals surface area (Å²) >= 11 is 0. The topological polar surface area (TPSA) is 98.2 Å². The van der Waals surface area contributed by atoms with E-state index < -0.39 is 0 Å². The van der Waals surface area contributed by atoms with Crippen LogP contribution >= 0.6 is 0 Å². The Kier molecular flexibility index (Phi) is 4.87. The van der Waals surface area contributed by atoms with Gasteiger partial charge in [-0.1, -0.05) is 18.2 Å². The predicted molar refractivity (Wildman–Crippen MR) is 115 cm³/mol. The average Bonchev–Trinajstić information content (AvgIpc) is 3.42. The lowest BCUT2D eigenvalue weighted by atomic mass is 10.1. The third-order valence-corrected chi connectivity index (χ3v) is 5.22. The maximum atomic E-state index is 12.4. The highest BCUT2D eigenvalue weighted by Crippen LogP contribution is 2.35. The highest BCUT2D eigenvalue weighted by Gasteiger charge is 2.15. The molecule has 0 atom stereocenters. The van der Waals surface area contributed by atoms with Crippen molar-refractivity contribution in [1.29, 1.82) is 0 Å². The van der Waals surface area contributed by atoms with Gasteiger partial charge in [0.25, 0.3) is 5.56 Å². The molecule has 4 aromatic rings. The third kappa shape index (κ3) is 3.87. The summed E-state index contributed by atoms with van der Waals surface area (Å²) in [7, 11) is 0. The number of amides is 1. The van der Waals surface area contributed by atoms with Crippen LogP contribution in [0.4, 0.5) is 0 Å². The Hall–Kier alpha value is -4.07. The van der Waals surface area contributed by atoms with Gasteiger partial charge in [-0.3, -0.25) is 9.59 Å². The van der Waals surface area contributed by atoms with E-state index in [-0.39, 0.29) is 24.8 Å². The first-order chi connectivity index (χ1) is 15.2. The van der Waals surface area contributed by atoms with Crippen LogP contribution in [0.15, 0.2) is 65.6 Å². The van der Waals surface area contributed by atoms with Gasteiger partial charge in [0, 0.05) is 35.3 Å². The number of nitrogens with one attached hydrogen (secondary N) is 2. The van der Waals surface area contributed by atoms with Gasteiger partial charge in [-0.2, -0.15) is 5.10 Å². The van der Waals surface area contributed by atoms with Gasteiger partial charge < -0.3 is 19.8 Å². The van der Waals surface area contributed by atoms with Crippen molar-refractivity contribution in [2.45, 2.75) is 13.0 Å². The summed E-state index contributed by atoms with van der Waals surface area (Å²) in [6.07, 6.45) is 2.65. The lowest BCUT2D eigenvalue weighted by Gasteiger charge is -2.09. The zero-order valence-electron chi connectivity index (χ0n) is 16.6. The van der Waals surface area contributed by atoms with E-state index in [1.165, 1.54) is 10.7 Å². The monoisotopic (exact) mass is 416 g/mol. The number of H-pyrrole nitrogens is 1. The van der Waals surface area contributed by atoms with Gasteiger partial charge in [0.2, 0.25) is 12.7 Å². The van der Waals surface area contributed by atoms with Gasteiger partial charge >= 0.3 is 0 Å². The Morgan fingerprint density at radius 2 is 1.97 bits per heavy atom. The number of nitrogens with zero attached hydrogens (tertiary/aromatic N) is 2. The number of ether oxygens (including phenoxy) is 2. The van der Waals surface area contributed by atoms with Gasteiger partial charge in [-0.05, 0) is 42.3 Å². The summed E-state index contributed by atoms with van der Waals surface area (Å²) in [4.78, 5) is 27.8. The van der Waals surface area contributed by atoms with Crippen LogP contribution in [0.1, 0.15) is 5.56 Å². The lowest BCUT2D eigenvalue weighted by Crippen LogP contribution is -2.34. The number of carbonyl (C=O) groups excluding carboxylic acids is 1. The number of aromatic amines is 1. The normalized spacial score (nSPS) is 12.3. The maximum absolute atomic E-state index is 12.4. The van der Waals surface area contributed by atoms with E-state index >= 15 is 0 Å². The fourth-order valence-electron chi connectivity index (χ4n) is 3.64. The Morgan fingerprint density at radius 1 is 1.10 bits per heavy atom. The van der Waals surface area contributed by atoms with Gasteiger partial charge in [0.15, 0.2) is 11.5 Å². The minimum absolute atomic E-state index is 0.148. The van der Waals surface area contributed by atoms with Crippen molar-refractivity contribution < 1.29 is 14.3 Å². The van der Waals surface area contributed by atoms with Crippen LogP contribution in [0.5, 0.6) is 11.5 Å². The van der Waals surface area contributed by atoms with E-state index in [9.17, 15) is 9.59 Å². The van der Waals surface area contributed by atoms with Crippen LogP contribution in [-0.2, 0) is 17.8 Å². The molecule has 0 radical (unpaired) electrons. The molecule has 31 heavy (non-hydrogen) atoms. The smallest absolute Gasteiger partial charge is 0.267 e. The van der Waals surface area contributed by atoms with Crippen LogP contribution in [0.2, 0.25) is 0 Å². The molecule has 8 heteroatoms. The summed E-state index contributed by atoms with van der Waals surface area (Å²) in [5.41, 5.74) is 3.22. The van der Waals surface area contributed by atoms with E-state index in [2.05, 4.69) is 15.4 Å². The third-order valence-electron chi connectivity index (χ3n) is 5.22. The number of hydrogen-bond acceptors (Lipinski definition) is 5. The van der Waals surface area contributed by atoms with Crippen molar-refractivity contribution >= 4 is 16.8 Å². The number of rotatable bonds is 6. The second kappa shape index (κ2) is 7.98. The maximum Gasteiger partial charge on any atom is 0.267 e. The summed E-state index contributed by atoms with van der Waals surface area (Å²) in [6, 6.07) is 16.5. The van der Waals surface area contributed by atoms with Crippen LogP contribution < -0.4 is 20.3 Å². The van der Waals surface area contributed by atoms with Gasteiger partial charge in [0.05, 0.1) is 5.69 Å². The number of fused-ring (bicyclic) bond motifs is 2. The number of hydrogen-bond donors (Lipinski definition) is 2. The number of para-hydroxylation sites is 1. The molecule has 156 valence electrons. The van der Waals surface area contributed by atoms with Crippen molar-refractivity contribution in [3.63, 3.8) is 0 Å². The van der Waals surface area contributed by atoms with E-state index in [1.807, 2.05) is 36.5 Å². The molecule has 1 aliphatic heterocycles. The van der Waals surface area contributed by atoms with Gasteiger partial charge in [0.1, 0.15) is 6.54 Å². The molecule has 2 aromatic heterocycles. The molecule has 8 nitrogen and oxygen atoms in total. The van der Waals surface area contributed by atoms with Gasteiger partial charge in [-0.25, -0.2) is 4.68 Å². The minimum atomic E-state index is -0.337. The number of aromatic nitrogens is 3. The fraction of sp³-hybridized carbons (Fsp3) is 0.174. The van der Waals surface area contributed by atoms with Crippen LogP contribution in [0, 0.1) is 0 Å². The Morgan fingerprint density at radius 3 is 2.90 bits per heavy atom. The quantitative estimate of drug-likeness (QED) is 0.503. The molecule has 1 amide bonds. The van der Waals surface area contributed by atoms with Crippen LogP contribution in [0.25, 0.3) is 22.2 Å². The van der Waals surface area contributed by atoms with E-state index in [0.717, 1.165) is 22.0 Å². The highest BCUT2D eigenvalue weighted by molar-refractivity contribution is 5.83. The molecular weight excluding hydrogens is 396 g/mol. The molecule has 0 fully saturated rings. The molecule has 0 saturated heterocycles. The van der Waals surface area contributed by atoms with Crippen molar-refractivity contribution in [2.75, 3.05) is 13.3 Å². The SMILES string of the molecule is O=C(Cn1nc(-c2ccc3c(c2)OCO3)ccc1=O)NCCc1c[nH]c2ccccc12. The zero-order chi connectivity index (χ0) is 21.2. The number of benzene rings is 2. The minimum Gasteiger partial charge on any atom is -0.454 e. The molecule has 0 saturated carbocycles. The van der Waals surface area contributed by atoms with Crippen LogP contribution in [-0.4, -0.2) is 34.0 Å². The van der Waals surface area contributed by atoms with E-state index in [0.29, 0.717) is 30.2 Å². The highest BCUT2D eigenvalue weighted by atomic mass is 16.7. The molecule has 0 unspecified atom stereocenters. The molecule has 0 spiro atoms. The molecule has 2 N–H and O–H groups in total. The molecule has 1 aliphatic rings. The van der Waals surface area contributed by atoms with Crippen molar-refractivity contribution in [1.82, 2.24) is 20.1 Å². The molecule has 5 rings (SSSR count). The van der Waals surface area contributed by atoms with Crippen molar-refractivity contribution in [3.05, 3.63) is 76.7 Å². The molecule has 0 aliphatic carbocycles. The second-order valence-corrected chi connectivity index (χ2v) is 7.24.